The Hall–Kier alpha value is 1.20. The summed E-state index contributed by atoms with van der Waals surface area (Å²) in [5.74, 6) is 0. The standard InChI is InChI=1S/C9H10Cl5NOS/c1-3-9(14)7(13)5(11)4(10)6(12)8(9)17-15(2)16/h7,16H,3H2,1-2H3. The van der Waals surface area contributed by atoms with Crippen LogP contribution in [0, 0.1) is 0 Å². The summed E-state index contributed by atoms with van der Waals surface area (Å²) in [4.78, 5) is -0.488. The molecule has 2 atom stereocenters. The van der Waals surface area contributed by atoms with E-state index in [1.165, 1.54) is 7.05 Å². The summed E-state index contributed by atoms with van der Waals surface area (Å²) in [5, 5.41) is 9.22. The number of hydrogen-bond acceptors (Lipinski definition) is 3. The van der Waals surface area contributed by atoms with E-state index in [2.05, 4.69) is 0 Å². The van der Waals surface area contributed by atoms with Gasteiger partial charge in [0.15, 0.2) is 0 Å². The van der Waals surface area contributed by atoms with Crippen LogP contribution in [0.2, 0.25) is 0 Å². The highest BCUT2D eigenvalue weighted by atomic mass is 35.5. The van der Waals surface area contributed by atoms with E-state index in [9.17, 15) is 5.21 Å². The predicted octanol–water partition coefficient (Wildman–Crippen LogP) is 5.10. The molecular formula is C9H10Cl5NOS. The van der Waals surface area contributed by atoms with Gasteiger partial charge >= 0.3 is 0 Å². The van der Waals surface area contributed by atoms with Gasteiger partial charge in [-0.1, -0.05) is 41.7 Å². The first kappa shape index (κ1) is 16.3. The third kappa shape index (κ3) is 3.03. The first-order valence-electron chi connectivity index (χ1n) is 4.65. The summed E-state index contributed by atoms with van der Waals surface area (Å²) in [6.45, 7) is 1.86. The minimum absolute atomic E-state index is 0.169. The van der Waals surface area contributed by atoms with Crippen molar-refractivity contribution in [2.24, 2.45) is 0 Å². The molecule has 8 heteroatoms. The highest BCUT2D eigenvalue weighted by molar-refractivity contribution is 8.01. The van der Waals surface area contributed by atoms with Crippen LogP contribution in [0.3, 0.4) is 0 Å². The minimum Gasteiger partial charge on any atom is -0.303 e. The molecule has 0 aromatic carbocycles. The van der Waals surface area contributed by atoms with Crippen molar-refractivity contribution in [2.75, 3.05) is 7.05 Å². The molecule has 0 aromatic rings. The predicted molar refractivity (Wildman–Crippen MR) is 77.3 cm³/mol. The van der Waals surface area contributed by atoms with Crippen LogP contribution in [-0.4, -0.2) is 27.0 Å². The molecule has 98 valence electrons. The molecule has 2 unspecified atom stereocenters. The number of allylic oxidation sites excluding steroid dienone is 4. The third-order valence-electron chi connectivity index (χ3n) is 2.34. The van der Waals surface area contributed by atoms with Crippen LogP contribution in [0.5, 0.6) is 0 Å². The van der Waals surface area contributed by atoms with Gasteiger partial charge in [0.2, 0.25) is 0 Å². The number of halogens is 5. The van der Waals surface area contributed by atoms with E-state index in [0.29, 0.717) is 11.3 Å². The van der Waals surface area contributed by atoms with Gasteiger partial charge in [0.1, 0.15) is 0 Å². The molecule has 0 amide bonds. The highest BCUT2D eigenvalue weighted by Crippen LogP contribution is 2.53. The second-order valence-electron chi connectivity index (χ2n) is 3.44. The first-order chi connectivity index (χ1) is 7.75. The van der Waals surface area contributed by atoms with Gasteiger partial charge in [-0.15, -0.1) is 27.7 Å². The Morgan fingerprint density at radius 3 is 2.29 bits per heavy atom. The van der Waals surface area contributed by atoms with Gasteiger partial charge in [0.25, 0.3) is 0 Å². The second-order valence-corrected chi connectivity index (χ2v) is 6.83. The van der Waals surface area contributed by atoms with E-state index >= 15 is 0 Å². The summed E-state index contributed by atoms with van der Waals surface area (Å²) in [6.07, 6.45) is 0.496. The number of alkyl halides is 2. The lowest BCUT2D eigenvalue weighted by atomic mass is 9.95. The molecule has 0 aliphatic heterocycles. The van der Waals surface area contributed by atoms with E-state index in [1.807, 2.05) is 6.92 Å². The second kappa shape index (κ2) is 6.10. The molecule has 0 bridgehead atoms. The minimum atomic E-state index is -0.976. The quantitative estimate of drug-likeness (QED) is 0.432. The van der Waals surface area contributed by atoms with Crippen LogP contribution >= 0.6 is 70.0 Å². The molecule has 2 nitrogen and oxygen atoms in total. The van der Waals surface area contributed by atoms with Gasteiger partial charge in [-0.3, -0.25) is 0 Å². The van der Waals surface area contributed by atoms with Crippen molar-refractivity contribution in [3.63, 3.8) is 0 Å². The Morgan fingerprint density at radius 1 is 1.35 bits per heavy atom. The van der Waals surface area contributed by atoms with E-state index < -0.39 is 10.3 Å². The van der Waals surface area contributed by atoms with Crippen LogP contribution in [0.25, 0.3) is 0 Å². The average molecular weight is 358 g/mol. The van der Waals surface area contributed by atoms with Crippen molar-refractivity contribution in [3.05, 3.63) is 20.0 Å². The third-order valence-corrected chi connectivity index (χ3v) is 6.44. The van der Waals surface area contributed by atoms with E-state index in [0.717, 1.165) is 16.4 Å². The smallest absolute Gasteiger partial charge is 0.0992 e. The van der Waals surface area contributed by atoms with Crippen LogP contribution in [0.4, 0.5) is 0 Å². The Balaban J connectivity index is 3.34. The van der Waals surface area contributed by atoms with Gasteiger partial charge in [-0.25, -0.2) is 0 Å². The zero-order valence-corrected chi connectivity index (χ0v) is 13.6. The summed E-state index contributed by atoms with van der Waals surface area (Å²) < 4.78 is 0.886. The molecule has 1 aliphatic carbocycles. The lowest BCUT2D eigenvalue weighted by molar-refractivity contribution is 0.0459. The molecule has 1 N–H and O–H groups in total. The summed E-state index contributed by atoms with van der Waals surface area (Å²) in [5.41, 5.74) is 0. The molecule has 1 aliphatic rings. The lowest BCUT2D eigenvalue weighted by Crippen LogP contribution is -2.38. The molecule has 1 rings (SSSR count). The first-order valence-corrected chi connectivity index (χ1v) is 7.37. The van der Waals surface area contributed by atoms with Crippen LogP contribution in [0.1, 0.15) is 13.3 Å². The van der Waals surface area contributed by atoms with Crippen LogP contribution < -0.4 is 0 Å². The Labute approximate surface area is 130 Å². The Bertz CT molecular complexity index is 384. The molecule has 0 aromatic heterocycles. The van der Waals surface area contributed by atoms with Crippen LogP contribution in [0.15, 0.2) is 20.0 Å². The lowest BCUT2D eigenvalue weighted by Gasteiger charge is -2.37. The molecule has 0 spiro atoms. The van der Waals surface area contributed by atoms with Crippen molar-refractivity contribution >= 4 is 70.0 Å². The van der Waals surface area contributed by atoms with Crippen molar-refractivity contribution in [3.8, 4) is 0 Å². The highest BCUT2D eigenvalue weighted by Gasteiger charge is 2.46. The van der Waals surface area contributed by atoms with Gasteiger partial charge in [-0.2, -0.15) is 0 Å². The monoisotopic (exact) mass is 355 g/mol. The van der Waals surface area contributed by atoms with Crippen molar-refractivity contribution < 1.29 is 5.21 Å². The Morgan fingerprint density at radius 2 is 1.88 bits per heavy atom. The molecule has 17 heavy (non-hydrogen) atoms. The normalized spacial score (nSPS) is 30.5. The number of rotatable bonds is 3. The van der Waals surface area contributed by atoms with Crippen molar-refractivity contribution in [1.29, 1.82) is 0 Å². The fourth-order valence-corrected chi connectivity index (χ4v) is 4.13. The summed E-state index contributed by atoms with van der Waals surface area (Å²) in [7, 11) is 1.45. The molecule has 0 saturated heterocycles. The maximum atomic E-state index is 9.30. The molecule has 0 heterocycles. The summed E-state index contributed by atoms with van der Waals surface area (Å²) in [6, 6.07) is 0. The maximum absolute atomic E-state index is 9.30. The number of hydrogen-bond donors (Lipinski definition) is 1. The van der Waals surface area contributed by atoms with Gasteiger partial charge in [-0.05, 0) is 18.4 Å². The fourth-order valence-electron chi connectivity index (χ4n) is 1.40. The van der Waals surface area contributed by atoms with E-state index in [4.69, 9.17) is 58.0 Å². The van der Waals surface area contributed by atoms with Crippen molar-refractivity contribution in [2.45, 2.75) is 23.6 Å². The van der Waals surface area contributed by atoms with Crippen molar-refractivity contribution in [1.82, 2.24) is 4.47 Å². The largest absolute Gasteiger partial charge is 0.303 e. The van der Waals surface area contributed by atoms with E-state index in [1.54, 1.807) is 0 Å². The zero-order valence-electron chi connectivity index (χ0n) is 8.98. The summed E-state index contributed by atoms with van der Waals surface area (Å²) >= 11 is 31.7. The van der Waals surface area contributed by atoms with Gasteiger partial charge < -0.3 is 5.21 Å². The molecular weight excluding hydrogens is 347 g/mol. The molecule has 0 saturated carbocycles. The number of hydroxylamine groups is 1. The fraction of sp³-hybridized carbons (Fsp3) is 0.556. The SMILES string of the molecule is CCC1(Cl)C(SN(C)O)=C(Cl)C(Cl)=C(Cl)C1Cl. The van der Waals surface area contributed by atoms with Gasteiger partial charge in [0, 0.05) is 12.0 Å². The van der Waals surface area contributed by atoms with E-state index in [-0.39, 0.29) is 15.1 Å². The topological polar surface area (TPSA) is 23.5 Å². The number of nitrogens with zero attached hydrogens (tertiary/aromatic N) is 1. The van der Waals surface area contributed by atoms with Crippen LogP contribution in [-0.2, 0) is 0 Å². The average Bonchev–Trinajstić information content (AvgIpc) is 2.29. The molecule has 0 fully saturated rings. The van der Waals surface area contributed by atoms with Gasteiger partial charge in [0.05, 0.1) is 25.3 Å². The molecule has 0 radical (unpaired) electrons. The zero-order chi connectivity index (χ0) is 13.4. The maximum Gasteiger partial charge on any atom is 0.0992 e. The Kier molecular flexibility index (Phi) is 5.83.